The number of aromatic nitrogens is 2. The number of hydrogen-bond donors (Lipinski definition) is 1. The molecule has 0 atom stereocenters. The minimum atomic E-state index is -0.169. The molecule has 1 amide bonds. The van der Waals surface area contributed by atoms with E-state index >= 15 is 0 Å². The molecule has 0 bridgehead atoms. The first-order valence-corrected chi connectivity index (χ1v) is 9.36. The normalized spacial score (nSPS) is 10.7. The molecule has 6 heteroatoms. The molecule has 0 radical (unpaired) electrons. The lowest BCUT2D eigenvalue weighted by atomic mass is 10.0. The maximum absolute atomic E-state index is 12.1. The highest BCUT2D eigenvalue weighted by Crippen LogP contribution is 2.19. The number of amides is 1. The molecule has 1 heterocycles. The molecule has 26 heavy (non-hydrogen) atoms. The van der Waals surface area contributed by atoms with Crippen LogP contribution in [0.1, 0.15) is 28.1 Å². The van der Waals surface area contributed by atoms with E-state index in [9.17, 15) is 4.79 Å². The molecule has 0 unspecified atom stereocenters. The van der Waals surface area contributed by atoms with Crippen LogP contribution in [0.4, 0.5) is 6.01 Å². The van der Waals surface area contributed by atoms with Crippen molar-refractivity contribution in [3.63, 3.8) is 0 Å². The first-order valence-electron chi connectivity index (χ1n) is 8.37. The van der Waals surface area contributed by atoms with E-state index in [0.717, 1.165) is 10.5 Å². The molecule has 3 rings (SSSR count). The van der Waals surface area contributed by atoms with Crippen LogP contribution in [0, 0.1) is 20.8 Å². The molecule has 2 aromatic carbocycles. The molecule has 0 saturated heterocycles. The number of rotatable bonds is 6. The van der Waals surface area contributed by atoms with Crippen LogP contribution in [0.5, 0.6) is 0 Å². The Morgan fingerprint density at radius 1 is 1.04 bits per heavy atom. The van der Waals surface area contributed by atoms with E-state index in [1.165, 1.54) is 28.5 Å². The molecule has 5 nitrogen and oxygen atoms in total. The summed E-state index contributed by atoms with van der Waals surface area (Å²) in [6, 6.07) is 14.4. The van der Waals surface area contributed by atoms with E-state index in [2.05, 4.69) is 47.6 Å². The predicted molar refractivity (Wildman–Crippen MR) is 104 cm³/mol. The number of carbonyl (C=O) groups is 1. The lowest BCUT2D eigenvalue weighted by Gasteiger charge is -2.04. The van der Waals surface area contributed by atoms with Crippen LogP contribution >= 0.6 is 11.8 Å². The van der Waals surface area contributed by atoms with Crippen molar-refractivity contribution in [2.75, 3.05) is 11.1 Å². The van der Waals surface area contributed by atoms with E-state index < -0.39 is 0 Å². The second kappa shape index (κ2) is 8.19. The Bertz CT molecular complexity index is 904. The average Bonchev–Trinajstić information content (AvgIpc) is 3.04. The van der Waals surface area contributed by atoms with Crippen molar-refractivity contribution in [2.45, 2.75) is 32.1 Å². The molecule has 0 spiro atoms. The van der Waals surface area contributed by atoms with Crippen LogP contribution in [0.15, 0.2) is 51.8 Å². The first-order chi connectivity index (χ1) is 12.5. The standard InChI is InChI=1S/C20H21N3O2S/c1-13-5-8-17(9-6-13)26-12-18(24)21-20-23-22-19(25-20)11-16-7-4-14(2)10-15(16)3/h4-10H,11-12H2,1-3H3,(H,21,23,24). The molecule has 0 saturated carbocycles. The first kappa shape index (κ1) is 18.2. The number of thioether (sulfide) groups is 1. The van der Waals surface area contributed by atoms with Crippen LogP contribution in [0.25, 0.3) is 0 Å². The van der Waals surface area contributed by atoms with E-state index in [1.54, 1.807) is 0 Å². The minimum absolute atomic E-state index is 0.138. The molecule has 3 aromatic rings. The summed E-state index contributed by atoms with van der Waals surface area (Å²) >= 11 is 1.47. The Kier molecular flexibility index (Phi) is 5.73. The van der Waals surface area contributed by atoms with Crippen LogP contribution in [0.2, 0.25) is 0 Å². The van der Waals surface area contributed by atoms with Crippen LogP contribution < -0.4 is 5.32 Å². The van der Waals surface area contributed by atoms with Gasteiger partial charge in [0.15, 0.2) is 0 Å². The van der Waals surface area contributed by atoms with Gasteiger partial charge in [0, 0.05) is 4.90 Å². The van der Waals surface area contributed by atoms with E-state index in [0.29, 0.717) is 12.3 Å². The van der Waals surface area contributed by atoms with Crippen molar-refractivity contribution in [1.82, 2.24) is 10.2 Å². The summed E-state index contributed by atoms with van der Waals surface area (Å²) < 4.78 is 5.55. The van der Waals surface area contributed by atoms with E-state index in [4.69, 9.17) is 4.42 Å². The number of hydrogen-bond acceptors (Lipinski definition) is 5. The topological polar surface area (TPSA) is 68.0 Å². The Hall–Kier alpha value is -2.60. The van der Waals surface area contributed by atoms with Gasteiger partial charge >= 0.3 is 6.01 Å². The van der Waals surface area contributed by atoms with Gasteiger partial charge in [-0.15, -0.1) is 16.9 Å². The number of benzene rings is 2. The number of nitrogens with zero attached hydrogens (tertiary/aromatic N) is 2. The van der Waals surface area contributed by atoms with E-state index in [-0.39, 0.29) is 17.7 Å². The maximum atomic E-state index is 12.1. The fourth-order valence-corrected chi connectivity index (χ4v) is 3.22. The van der Waals surface area contributed by atoms with Gasteiger partial charge in [-0.05, 0) is 44.0 Å². The highest BCUT2D eigenvalue weighted by Gasteiger charge is 2.11. The van der Waals surface area contributed by atoms with Gasteiger partial charge in [0.05, 0.1) is 12.2 Å². The quantitative estimate of drug-likeness (QED) is 0.657. The monoisotopic (exact) mass is 367 g/mol. The van der Waals surface area contributed by atoms with Crippen molar-refractivity contribution in [1.29, 1.82) is 0 Å². The molecule has 1 N–H and O–H groups in total. The second-order valence-electron chi connectivity index (χ2n) is 6.26. The lowest BCUT2D eigenvalue weighted by molar-refractivity contribution is -0.113. The number of nitrogens with one attached hydrogen (secondary N) is 1. The summed E-state index contributed by atoms with van der Waals surface area (Å²) in [4.78, 5) is 13.1. The van der Waals surface area contributed by atoms with Gasteiger partial charge in [0.2, 0.25) is 11.8 Å². The number of aryl methyl sites for hydroxylation is 3. The summed E-state index contributed by atoms with van der Waals surface area (Å²) in [5, 5.41) is 10.6. The largest absolute Gasteiger partial charge is 0.407 e. The average molecular weight is 367 g/mol. The molecule has 134 valence electrons. The second-order valence-corrected chi connectivity index (χ2v) is 7.31. The molecule has 1 aromatic heterocycles. The highest BCUT2D eigenvalue weighted by molar-refractivity contribution is 8.00. The smallest absolute Gasteiger partial charge is 0.322 e. The summed E-state index contributed by atoms with van der Waals surface area (Å²) in [5.41, 5.74) is 4.73. The van der Waals surface area contributed by atoms with Gasteiger partial charge in [-0.3, -0.25) is 10.1 Å². The van der Waals surface area contributed by atoms with Crippen molar-refractivity contribution < 1.29 is 9.21 Å². The molecule has 0 aliphatic carbocycles. The van der Waals surface area contributed by atoms with E-state index in [1.807, 2.05) is 31.2 Å². The summed E-state index contributed by atoms with van der Waals surface area (Å²) in [6.07, 6.45) is 0.549. The zero-order valence-corrected chi connectivity index (χ0v) is 15.9. The molecular weight excluding hydrogens is 346 g/mol. The van der Waals surface area contributed by atoms with Gasteiger partial charge in [0.25, 0.3) is 0 Å². The molecule has 0 aliphatic rings. The molecule has 0 fully saturated rings. The Balaban J connectivity index is 1.54. The van der Waals surface area contributed by atoms with Crippen molar-refractivity contribution in [3.8, 4) is 0 Å². The summed E-state index contributed by atoms with van der Waals surface area (Å²) in [5.74, 6) is 0.605. The SMILES string of the molecule is Cc1ccc(SCC(=O)Nc2nnc(Cc3ccc(C)cc3C)o2)cc1. The van der Waals surface area contributed by atoms with Crippen molar-refractivity contribution in [3.05, 3.63) is 70.6 Å². The summed E-state index contributed by atoms with van der Waals surface area (Å²) in [7, 11) is 0. The third-order valence-corrected chi connectivity index (χ3v) is 4.96. The van der Waals surface area contributed by atoms with Crippen LogP contribution in [-0.2, 0) is 11.2 Å². The van der Waals surface area contributed by atoms with Gasteiger partial charge in [-0.25, -0.2) is 0 Å². The predicted octanol–water partition coefficient (Wildman–Crippen LogP) is 4.32. The Labute approximate surface area is 157 Å². The zero-order valence-electron chi connectivity index (χ0n) is 15.1. The number of carbonyl (C=O) groups excluding carboxylic acids is 1. The maximum Gasteiger partial charge on any atom is 0.322 e. The van der Waals surface area contributed by atoms with Gasteiger partial charge in [0.1, 0.15) is 0 Å². The lowest BCUT2D eigenvalue weighted by Crippen LogP contribution is -2.14. The third-order valence-electron chi connectivity index (χ3n) is 3.94. The van der Waals surface area contributed by atoms with Crippen molar-refractivity contribution >= 4 is 23.7 Å². The fraction of sp³-hybridized carbons (Fsp3) is 0.250. The minimum Gasteiger partial charge on any atom is -0.407 e. The molecular formula is C20H21N3O2S. The highest BCUT2D eigenvalue weighted by atomic mass is 32.2. The van der Waals surface area contributed by atoms with Crippen LogP contribution in [0.3, 0.4) is 0 Å². The fourth-order valence-electron chi connectivity index (χ4n) is 2.52. The Morgan fingerprint density at radius 3 is 2.50 bits per heavy atom. The van der Waals surface area contributed by atoms with Gasteiger partial charge in [-0.1, -0.05) is 46.6 Å². The van der Waals surface area contributed by atoms with Crippen molar-refractivity contribution in [2.24, 2.45) is 0 Å². The van der Waals surface area contributed by atoms with Crippen LogP contribution in [-0.4, -0.2) is 21.9 Å². The number of anilines is 1. The third kappa shape index (κ3) is 4.95. The molecule has 0 aliphatic heterocycles. The summed E-state index contributed by atoms with van der Waals surface area (Å²) in [6.45, 7) is 6.15. The zero-order chi connectivity index (χ0) is 18.5. The Morgan fingerprint density at radius 2 is 1.77 bits per heavy atom. The van der Waals surface area contributed by atoms with Gasteiger partial charge in [-0.2, -0.15) is 0 Å². The van der Waals surface area contributed by atoms with Gasteiger partial charge < -0.3 is 4.42 Å².